The van der Waals surface area contributed by atoms with Crippen LogP contribution in [0.5, 0.6) is 5.75 Å². The molecule has 3 rings (SSSR count). The highest BCUT2D eigenvalue weighted by Crippen LogP contribution is 2.35. The number of hydrogen-bond acceptors (Lipinski definition) is 3. The van der Waals surface area contributed by atoms with Gasteiger partial charge in [0.25, 0.3) is 0 Å². The first kappa shape index (κ1) is 23.4. The van der Waals surface area contributed by atoms with Crippen LogP contribution in [0.1, 0.15) is 56.5 Å². The second kappa shape index (κ2) is 10.4. The third kappa shape index (κ3) is 6.13. The molecule has 0 heterocycles. The van der Waals surface area contributed by atoms with Crippen molar-refractivity contribution in [1.82, 2.24) is 4.90 Å². The Labute approximate surface area is 191 Å². The summed E-state index contributed by atoms with van der Waals surface area (Å²) >= 11 is 0. The Bertz CT molecular complexity index is 979. The van der Waals surface area contributed by atoms with Crippen molar-refractivity contribution in [1.29, 1.82) is 0 Å². The van der Waals surface area contributed by atoms with Gasteiger partial charge in [0.2, 0.25) is 0 Å². The largest absolute Gasteiger partial charge is 0.497 e. The van der Waals surface area contributed by atoms with Crippen molar-refractivity contribution < 1.29 is 14.3 Å². The highest BCUT2D eigenvalue weighted by molar-refractivity contribution is 5.70. The van der Waals surface area contributed by atoms with Gasteiger partial charge in [0, 0.05) is 0 Å². The van der Waals surface area contributed by atoms with Crippen LogP contribution in [-0.2, 0) is 11.2 Å². The lowest BCUT2D eigenvalue weighted by Crippen LogP contribution is -2.41. The van der Waals surface area contributed by atoms with Crippen LogP contribution in [0, 0.1) is 0 Å². The fourth-order valence-electron chi connectivity index (χ4n) is 3.80. The molecule has 0 saturated carbocycles. The molecule has 0 aliphatic rings. The van der Waals surface area contributed by atoms with Crippen molar-refractivity contribution in [2.24, 2.45) is 0 Å². The van der Waals surface area contributed by atoms with Gasteiger partial charge in [-0.2, -0.15) is 0 Å². The molecule has 0 aliphatic heterocycles. The quantitative estimate of drug-likeness (QED) is 0.405. The third-order valence-corrected chi connectivity index (χ3v) is 5.41. The van der Waals surface area contributed by atoms with E-state index in [1.165, 1.54) is 0 Å². The number of methoxy groups -OCH3 is 1. The highest BCUT2D eigenvalue weighted by Gasteiger charge is 2.34. The Hall–Kier alpha value is -3.27. The average Bonchev–Trinajstić information content (AvgIpc) is 2.78. The fraction of sp³-hybridized carbons (Fsp3) is 0.321. The van der Waals surface area contributed by atoms with E-state index in [0.29, 0.717) is 6.42 Å². The normalized spacial score (nSPS) is 13.2. The van der Waals surface area contributed by atoms with E-state index >= 15 is 0 Å². The van der Waals surface area contributed by atoms with Gasteiger partial charge in [-0.3, -0.25) is 4.90 Å². The van der Waals surface area contributed by atoms with Crippen LogP contribution in [-0.4, -0.2) is 23.7 Å². The van der Waals surface area contributed by atoms with E-state index in [1.807, 2.05) is 93.3 Å². The minimum Gasteiger partial charge on any atom is -0.497 e. The Morgan fingerprint density at radius 1 is 0.844 bits per heavy atom. The summed E-state index contributed by atoms with van der Waals surface area (Å²) in [5.41, 5.74) is 2.66. The molecule has 0 fully saturated rings. The first-order valence-corrected chi connectivity index (χ1v) is 11.0. The smallest absolute Gasteiger partial charge is 0.411 e. The lowest BCUT2D eigenvalue weighted by Gasteiger charge is -2.38. The Kier molecular flexibility index (Phi) is 7.57. The molecule has 0 bridgehead atoms. The van der Waals surface area contributed by atoms with Gasteiger partial charge < -0.3 is 9.47 Å². The molecular weight excluding hydrogens is 398 g/mol. The van der Waals surface area contributed by atoms with Gasteiger partial charge in [-0.1, -0.05) is 72.8 Å². The molecule has 0 saturated heterocycles. The van der Waals surface area contributed by atoms with E-state index in [2.05, 4.69) is 24.3 Å². The number of carbonyl (C=O) groups excluding carboxylic acids is 1. The summed E-state index contributed by atoms with van der Waals surface area (Å²) in [6.07, 6.45) is 0.357. The molecule has 3 aromatic carbocycles. The maximum atomic E-state index is 13.6. The van der Waals surface area contributed by atoms with Crippen LogP contribution in [0.15, 0.2) is 84.9 Å². The molecule has 0 radical (unpaired) electrons. The fourth-order valence-corrected chi connectivity index (χ4v) is 3.80. The summed E-state index contributed by atoms with van der Waals surface area (Å²) < 4.78 is 11.2. The lowest BCUT2D eigenvalue weighted by atomic mass is 9.95. The third-order valence-electron chi connectivity index (χ3n) is 5.41. The molecule has 0 unspecified atom stereocenters. The SMILES string of the molecule is COc1ccc([C@H](C)N(C(=O)OC(C)(C)C)[C@@H](Cc2ccccc2)c2ccccc2)cc1. The first-order chi connectivity index (χ1) is 15.3. The minimum atomic E-state index is -0.594. The Morgan fingerprint density at radius 3 is 1.94 bits per heavy atom. The number of nitrogens with zero attached hydrogens (tertiary/aromatic N) is 1. The molecule has 0 aromatic heterocycles. The highest BCUT2D eigenvalue weighted by atomic mass is 16.6. The van der Waals surface area contributed by atoms with Crippen LogP contribution in [0.3, 0.4) is 0 Å². The first-order valence-electron chi connectivity index (χ1n) is 11.0. The summed E-state index contributed by atoms with van der Waals surface area (Å²) in [5.74, 6) is 0.786. The Balaban J connectivity index is 2.06. The van der Waals surface area contributed by atoms with Crippen molar-refractivity contribution in [3.8, 4) is 5.75 Å². The molecule has 168 valence electrons. The number of benzene rings is 3. The van der Waals surface area contributed by atoms with E-state index in [-0.39, 0.29) is 18.2 Å². The van der Waals surface area contributed by atoms with E-state index in [1.54, 1.807) is 7.11 Å². The topological polar surface area (TPSA) is 38.8 Å². The molecule has 0 spiro atoms. The van der Waals surface area contributed by atoms with E-state index in [4.69, 9.17) is 9.47 Å². The molecule has 1 amide bonds. The summed E-state index contributed by atoms with van der Waals surface area (Å²) in [4.78, 5) is 15.5. The van der Waals surface area contributed by atoms with Gasteiger partial charge in [-0.15, -0.1) is 0 Å². The average molecular weight is 432 g/mol. The van der Waals surface area contributed by atoms with Crippen LogP contribution in [0.2, 0.25) is 0 Å². The molecule has 0 N–H and O–H groups in total. The summed E-state index contributed by atoms with van der Waals surface area (Å²) in [5, 5.41) is 0. The van der Waals surface area contributed by atoms with Crippen molar-refractivity contribution >= 4 is 6.09 Å². The van der Waals surface area contributed by atoms with Crippen molar-refractivity contribution in [3.05, 3.63) is 102 Å². The van der Waals surface area contributed by atoms with Gasteiger partial charge in [0.1, 0.15) is 11.4 Å². The second-order valence-corrected chi connectivity index (χ2v) is 8.95. The maximum absolute atomic E-state index is 13.6. The van der Waals surface area contributed by atoms with E-state index in [9.17, 15) is 4.79 Å². The van der Waals surface area contributed by atoms with E-state index in [0.717, 1.165) is 22.4 Å². The number of carbonyl (C=O) groups is 1. The molecule has 3 aromatic rings. The predicted molar refractivity (Wildman–Crippen MR) is 129 cm³/mol. The van der Waals surface area contributed by atoms with Crippen molar-refractivity contribution in [2.45, 2.75) is 51.8 Å². The van der Waals surface area contributed by atoms with Gasteiger partial charge in [0.15, 0.2) is 0 Å². The summed E-state index contributed by atoms with van der Waals surface area (Å²) in [6.45, 7) is 7.74. The second-order valence-electron chi connectivity index (χ2n) is 8.95. The van der Waals surface area contributed by atoms with Crippen molar-refractivity contribution in [3.63, 3.8) is 0 Å². The summed E-state index contributed by atoms with van der Waals surface area (Å²) in [7, 11) is 1.65. The molecule has 32 heavy (non-hydrogen) atoms. The minimum absolute atomic E-state index is 0.189. The van der Waals surface area contributed by atoms with Crippen LogP contribution >= 0.6 is 0 Å². The number of ether oxygens (including phenoxy) is 2. The number of rotatable bonds is 7. The zero-order valence-corrected chi connectivity index (χ0v) is 19.6. The van der Waals surface area contributed by atoms with Crippen LogP contribution in [0.4, 0.5) is 4.79 Å². The van der Waals surface area contributed by atoms with E-state index < -0.39 is 5.60 Å². The molecule has 0 aliphatic carbocycles. The zero-order chi connectivity index (χ0) is 23.1. The zero-order valence-electron chi connectivity index (χ0n) is 19.6. The van der Waals surface area contributed by atoms with Crippen LogP contribution < -0.4 is 4.74 Å². The van der Waals surface area contributed by atoms with Gasteiger partial charge in [-0.25, -0.2) is 4.79 Å². The number of hydrogen-bond donors (Lipinski definition) is 0. The Morgan fingerprint density at radius 2 is 1.41 bits per heavy atom. The van der Waals surface area contributed by atoms with Crippen LogP contribution in [0.25, 0.3) is 0 Å². The van der Waals surface area contributed by atoms with Gasteiger partial charge >= 0.3 is 6.09 Å². The maximum Gasteiger partial charge on any atom is 0.411 e. The molecular formula is C28H33NO3. The monoisotopic (exact) mass is 431 g/mol. The summed E-state index contributed by atoms with van der Waals surface area (Å²) in [6, 6.07) is 27.9. The molecule has 4 nitrogen and oxygen atoms in total. The van der Waals surface area contributed by atoms with Gasteiger partial charge in [-0.05, 0) is 62.9 Å². The molecule has 2 atom stereocenters. The standard InChI is InChI=1S/C28H33NO3/c1-21(23-16-18-25(31-5)19-17-23)29(27(30)32-28(2,3)4)26(24-14-10-7-11-15-24)20-22-12-8-6-9-13-22/h6-19,21,26H,20H2,1-5H3/t21-,26-/m0/s1. The molecule has 4 heteroatoms. The van der Waals surface area contributed by atoms with Gasteiger partial charge in [0.05, 0.1) is 19.2 Å². The predicted octanol–water partition coefficient (Wildman–Crippen LogP) is 6.98. The number of amides is 1. The van der Waals surface area contributed by atoms with Crippen molar-refractivity contribution in [2.75, 3.05) is 7.11 Å². The lowest BCUT2D eigenvalue weighted by molar-refractivity contribution is 0.00578.